The first-order chi connectivity index (χ1) is 6.24. The zero-order valence-corrected chi connectivity index (χ0v) is 7.72. The summed E-state index contributed by atoms with van der Waals surface area (Å²) in [6.45, 7) is 3.67. The highest BCUT2D eigenvalue weighted by atomic mass is 19.1. The smallest absolute Gasteiger partial charge is 0.126 e. The van der Waals surface area contributed by atoms with Crippen LogP contribution >= 0.6 is 0 Å². The van der Waals surface area contributed by atoms with E-state index in [0.717, 1.165) is 0 Å². The van der Waals surface area contributed by atoms with Gasteiger partial charge in [-0.1, -0.05) is 24.8 Å². The van der Waals surface area contributed by atoms with Crippen molar-refractivity contribution in [2.45, 2.75) is 12.8 Å². The highest BCUT2D eigenvalue weighted by Gasteiger charge is 2.01. The molecule has 0 aliphatic heterocycles. The van der Waals surface area contributed by atoms with Gasteiger partial charge in [0.25, 0.3) is 0 Å². The summed E-state index contributed by atoms with van der Waals surface area (Å²) in [4.78, 5) is 0. The van der Waals surface area contributed by atoms with Crippen molar-refractivity contribution in [2.24, 2.45) is 0 Å². The second kappa shape index (κ2) is 4.65. The van der Waals surface area contributed by atoms with Crippen LogP contribution in [0.4, 0.5) is 4.39 Å². The fourth-order valence-corrected chi connectivity index (χ4v) is 1.08. The van der Waals surface area contributed by atoms with Crippen LogP contribution in [0, 0.1) is 5.82 Å². The summed E-state index contributed by atoms with van der Waals surface area (Å²) < 4.78 is 18.0. The molecule has 1 aromatic carbocycles. The minimum absolute atomic E-state index is 0.161. The van der Waals surface area contributed by atoms with Crippen LogP contribution in [0.5, 0.6) is 0 Å². The summed E-state index contributed by atoms with van der Waals surface area (Å²) in [5.41, 5.74) is 0.709. The van der Waals surface area contributed by atoms with Crippen LogP contribution < -0.4 is 0 Å². The average Bonchev–Trinajstić information content (AvgIpc) is 2.16. The van der Waals surface area contributed by atoms with Gasteiger partial charge >= 0.3 is 0 Å². The maximum Gasteiger partial charge on any atom is 0.126 e. The van der Waals surface area contributed by atoms with Gasteiger partial charge in [-0.25, -0.2) is 4.39 Å². The molecule has 1 rings (SSSR count). The van der Waals surface area contributed by atoms with E-state index in [9.17, 15) is 4.39 Å². The number of allylic oxidation sites excluding steroid dienone is 1. The van der Waals surface area contributed by atoms with Crippen LogP contribution in [-0.4, -0.2) is 7.11 Å². The molecule has 0 unspecified atom stereocenters. The molecular formula is C11H13FO. The standard InChI is InChI=1S/C11H13FO/c1-9(13-2)7-8-10-5-3-4-6-11(10)12/h3-6H,1,7-8H2,2H3. The lowest BCUT2D eigenvalue weighted by atomic mass is 10.1. The van der Waals surface area contributed by atoms with E-state index in [0.29, 0.717) is 24.2 Å². The third-order valence-corrected chi connectivity index (χ3v) is 1.92. The van der Waals surface area contributed by atoms with Crippen molar-refractivity contribution in [3.05, 3.63) is 48.0 Å². The summed E-state index contributed by atoms with van der Waals surface area (Å²) in [6.07, 6.45) is 1.30. The van der Waals surface area contributed by atoms with Gasteiger partial charge in [-0.2, -0.15) is 0 Å². The van der Waals surface area contributed by atoms with Crippen molar-refractivity contribution in [3.8, 4) is 0 Å². The quantitative estimate of drug-likeness (QED) is 0.647. The van der Waals surface area contributed by atoms with E-state index in [-0.39, 0.29) is 5.82 Å². The topological polar surface area (TPSA) is 9.23 Å². The number of ether oxygens (including phenoxy) is 1. The van der Waals surface area contributed by atoms with Gasteiger partial charge < -0.3 is 4.74 Å². The first-order valence-electron chi connectivity index (χ1n) is 4.19. The molecule has 0 heterocycles. The Balaban J connectivity index is 2.54. The molecule has 70 valence electrons. The van der Waals surface area contributed by atoms with E-state index < -0.39 is 0 Å². The average molecular weight is 180 g/mol. The molecule has 0 aliphatic carbocycles. The van der Waals surface area contributed by atoms with Crippen LogP contribution in [0.15, 0.2) is 36.6 Å². The summed E-state index contributed by atoms with van der Waals surface area (Å²) >= 11 is 0. The first kappa shape index (κ1) is 9.78. The van der Waals surface area contributed by atoms with E-state index >= 15 is 0 Å². The number of hydrogen-bond acceptors (Lipinski definition) is 1. The molecule has 2 heteroatoms. The molecule has 0 aromatic heterocycles. The number of methoxy groups -OCH3 is 1. The summed E-state index contributed by atoms with van der Waals surface area (Å²) in [7, 11) is 1.57. The lowest BCUT2D eigenvalue weighted by Crippen LogP contribution is -1.92. The van der Waals surface area contributed by atoms with E-state index in [4.69, 9.17) is 4.74 Å². The minimum atomic E-state index is -0.161. The van der Waals surface area contributed by atoms with Crippen molar-refractivity contribution in [3.63, 3.8) is 0 Å². The van der Waals surface area contributed by atoms with Gasteiger partial charge in [0, 0.05) is 6.42 Å². The minimum Gasteiger partial charge on any atom is -0.502 e. The number of rotatable bonds is 4. The van der Waals surface area contributed by atoms with Gasteiger partial charge in [0.15, 0.2) is 0 Å². The third-order valence-electron chi connectivity index (χ3n) is 1.92. The van der Waals surface area contributed by atoms with E-state index in [2.05, 4.69) is 6.58 Å². The Bertz CT molecular complexity index is 294. The second-order valence-corrected chi connectivity index (χ2v) is 2.83. The fraction of sp³-hybridized carbons (Fsp3) is 0.273. The lowest BCUT2D eigenvalue weighted by Gasteiger charge is -2.04. The van der Waals surface area contributed by atoms with Crippen molar-refractivity contribution < 1.29 is 9.13 Å². The van der Waals surface area contributed by atoms with Crippen molar-refractivity contribution in [2.75, 3.05) is 7.11 Å². The zero-order chi connectivity index (χ0) is 9.68. The van der Waals surface area contributed by atoms with Crippen molar-refractivity contribution in [1.82, 2.24) is 0 Å². The molecule has 1 nitrogen and oxygen atoms in total. The Morgan fingerprint density at radius 3 is 2.77 bits per heavy atom. The monoisotopic (exact) mass is 180 g/mol. The second-order valence-electron chi connectivity index (χ2n) is 2.83. The Morgan fingerprint density at radius 1 is 1.46 bits per heavy atom. The maximum atomic E-state index is 13.1. The molecule has 0 bridgehead atoms. The Kier molecular flexibility index (Phi) is 3.50. The largest absolute Gasteiger partial charge is 0.502 e. The molecule has 1 aromatic rings. The van der Waals surface area contributed by atoms with Crippen LogP contribution in [0.1, 0.15) is 12.0 Å². The molecular weight excluding hydrogens is 167 g/mol. The molecule has 0 N–H and O–H groups in total. The predicted molar refractivity (Wildman–Crippen MR) is 50.9 cm³/mol. The Morgan fingerprint density at radius 2 is 2.15 bits per heavy atom. The van der Waals surface area contributed by atoms with E-state index in [1.807, 2.05) is 6.07 Å². The fourth-order valence-electron chi connectivity index (χ4n) is 1.08. The molecule has 0 saturated carbocycles. The van der Waals surface area contributed by atoms with Gasteiger partial charge in [0.2, 0.25) is 0 Å². The highest BCUT2D eigenvalue weighted by molar-refractivity contribution is 5.17. The Labute approximate surface area is 77.8 Å². The number of hydrogen-bond donors (Lipinski definition) is 0. The van der Waals surface area contributed by atoms with Crippen LogP contribution in [0.25, 0.3) is 0 Å². The molecule has 13 heavy (non-hydrogen) atoms. The lowest BCUT2D eigenvalue weighted by molar-refractivity contribution is 0.279. The molecule has 0 radical (unpaired) electrons. The molecule has 0 spiro atoms. The predicted octanol–water partition coefficient (Wildman–Crippen LogP) is 2.92. The maximum absolute atomic E-state index is 13.1. The normalized spacial score (nSPS) is 9.69. The number of aryl methyl sites for hydroxylation is 1. The third kappa shape index (κ3) is 2.90. The van der Waals surface area contributed by atoms with Gasteiger partial charge in [-0.3, -0.25) is 0 Å². The Hall–Kier alpha value is -1.31. The van der Waals surface area contributed by atoms with Crippen molar-refractivity contribution >= 4 is 0 Å². The molecule has 0 amide bonds. The van der Waals surface area contributed by atoms with E-state index in [1.54, 1.807) is 19.2 Å². The van der Waals surface area contributed by atoms with Crippen LogP contribution in [0.2, 0.25) is 0 Å². The van der Waals surface area contributed by atoms with Crippen molar-refractivity contribution in [1.29, 1.82) is 0 Å². The van der Waals surface area contributed by atoms with Crippen LogP contribution in [0.3, 0.4) is 0 Å². The van der Waals surface area contributed by atoms with Gasteiger partial charge in [-0.05, 0) is 18.1 Å². The number of benzene rings is 1. The summed E-state index contributed by atoms with van der Waals surface area (Å²) in [5.74, 6) is 0.523. The highest BCUT2D eigenvalue weighted by Crippen LogP contribution is 2.11. The summed E-state index contributed by atoms with van der Waals surface area (Å²) in [5, 5.41) is 0. The SMILES string of the molecule is C=C(CCc1ccccc1F)OC. The molecule has 0 atom stereocenters. The molecule has 0 fully saturated rings. The number of halogens is 1. The zero-order valence-electron chi connectivity index (χ0n) is 7.72. The van der Waals surface area contributed by atoms with Crippen LogP contribution in [-0.2, 0) is 11.2 Å². The van der Waals surface area contributed by atoms with E-state index in [1.165, 1.54) is 6.07 Å². The van der Waals surface area contributed by atoms with Gasteiger partial charge in [-0.15, -0.1) is 0 Å². The van der Waals surface area contributed by atoms with Gasteiger partial charge in [0.05, 0.1) is 12.9 Å². The summed E-state index contributed by atoms with van der Waals surface area (Å²) in [6, 6.07) is 6.75. The molecule has 0 aliphatic rings. The molecule has 0 saturated heterocycles. The first-order valence-corrected chi connectivity index (χ1v) is 4.19. The van der Waals surface area contributed by atoms with Gasteiger partial charge in [0.1, 0.15) is 5.82 Å².